The summed E-state index contributed by atoms with van der Waals surface area (Å²) in [5.41, 5.74) is 7.17. The molecule has 4 rings (SSSR count). The fraction of sp³-hybridized carbons (Fsp3) is 0.125. The van der Waals surface area contributed by atoms with Gasteiger partial charge in [-0.3, -0.25) is 9.59 Å². The molecular weight excluding hydrogens is 415 g/mol. The van der Waals surface area contributed by atoms with E-state index in [1.54, 1.807) is 35.8 Å². The first-order valence-corrected chi connectivity index (χ1v) is 9.75. The van der Waals surface area contributed by atoms with Gasteiger partial charge in [-0.2, -0.15) is 0 Å². The molecule has 0 aliphatic rings. The van der Waals surface area contributed by atoms with Crippen molar-refractivity contribution in [2.24, 2.45) is 5.73 Å². The van der Waals surface area contributed by atoms with Crippen molar-refractivity contribution in [2.75, 3.05) is 6.61 Å². The molecule has 1 heterocycles. The van der Waals surface area contributed by atoms with Gasteiger partial charge in [0.2, 0.25) is 0 Å². The Morgan fingerprint density at radius 1 is 1.09 bits per heavy atom. The second-order valence-electron chi connectivity index (χ2n) is 7.37. The fourth-order valence-electron chi connectivity index (χ4n) is 3.91. The number of primary amides is 1. The lowest BCUT2D eigenvalue weighted by Gasteiger charge is -2.12. The number of nitrogens with two attached hydrogens (primary N) is 1. The van der Waals surface area contributed by atoms with Crippen LogP contribution in [0.2, 0.25) is 0 Å². The number of halogens is 1. The Balaban J connectivity index is 2.07. The summed E-state index contributed by atoms with van der Waals surface area (Å²) in [6.45, 7) is 1.33. The number of carboxylic acids is 1. The van der Waals surface area contributed by atoms with Crippen LogP contribution in [0.1, 0.15) is 21.6 Å². The number of carboxylic acid groups (broad SMARTS) is 1. The fourth-order valence-corrected chi connectivity index (χ4v) is 3.91. The predicted octanol–water partition coefficient (Wildman–Crippen LogP) is 3.42. The number of hydrogen-bond donors (Lipinski definition) is 2. The molecule has 4 aromatic rings. The smallest absolute Gasteiger partial charge is 0.341 e. The Morgan fingerprint density at radius 3 is 2.44 bits per heavy atom. The highest BCUT2D eigenvalue weighted by Crippen LogP contribution is 2.40. The lowest BCUT2D eigenvalue weighted by Crippen LogP contribution is -2.24. The summed E-state index contributed by atoms with van der Waals surface area (Å²) in [7, 11) is 0. The van der Waals surface area contributed by atoms with E-state index in [2.05, 4.69) is 0 Å². The number of ketones is 1. The van der Waals surface area contributed by atoms with Crippen LogP contribution in [0, 0.1) is 12.7 Å². The second kappa shape index (κ2) is 8.14. The van der Waals surface area contributed by atoms with Crippen molar-refractivity contribution in [1.82, 2.24) is 4.57 Å². The molecule has 0 fully saturated rings. The Hall–Kier alpha value is -4.20. The topological polar surface area (TPSA) is 112 Å². The first kappa shape index (κ1) is 21.0. The summed E-state index contributed by atoms with van der Waals surface area (Å²) in [6, 6.07) is 14.9. The molecule has 3 aromatic carbocycles. The van der Waals surface area contributed by atoms with Crippen molar-refractivity contribution in [2.45, 2.75) is 13.5 Å². The standard InChI is InChI=1S/C24H19FN2O5/c1-13-20(22(30)24(26)31)21-18(27(13)11-14-6-8-16(25)9-7-14)10-15-4-2-3-5-17(15)23(21)32-12-19(28)29/h2-10H,11-12H2,1H3,(H2,26,31)(H,28,29). The van der Waals surface area contributed by atoms with E-state index < -0.39 is 24.3 Å². The number of fused-ring (bicyclic) bond motifs is 2. The maximum absolute atomic E-state index is 13.4. The molecule has 0 aliphatic heterocycles. The Kier molecular flexibility index (Phi) is 5.36. The summed E-state index contributed by atoms with van der Waals surface area (Å²) in [5.74, 6) is -3.41. The van der Waals surface area contributed by atoms with Gasteiger partial charge >= 0.3 is 5.97 Å². The number of aromatic nitrogens is 1. The minimum absolute atomic E-state index is 0.0563. The maximum atomic E-state index is 13.4. The quantitative estimate of drug-likeness (QED) is 0.342. The van der Waals surface area contributed by atoms with Crippen molar-refractivity contribution < 1.29 is 28.6 Å². The molecule has 0 bridgehead atoms. The molecular formula is C24H19FN2O5. The van der Waals surface area contributed by atoms with Crippen LogP contribution >= 0.6 is 0 Å². The SMILES string of the molecule is Cc1c(C(=O)C(N)=O)c2c(OCC(=O)O)c3ccccc3cc2n1Cc1ccc(F)cc1. The average Bonchev–Trinajstić information content (AvgIpc) is 3.03. The molecule has 32 heavy (non-hydrogen) atoms. The van der Waals surface area contributed by atoms with Gasteiger partial charge in [-0.1, -0.05) is 36.4 Å². The minimum atomic E-state index is -1.18. The van der Waals surface area contributed by atoms with Gasteiger partial charge in [0.15, 0.2) is 6.61 Å². The van der Waals surface area contributed by atoms with E-state index in [0.29, 0.717) is 22.0 Å². The molecule has 0 spiro atoms. The molecule has 7 nitrogen and oxygen atoms in total. The Morgan fingerprint density at radius 2 is 1.78 bits per heavy atom. The highest BCUT2D eigenvalue weighted by molar-refractivity contribution is 6.45. The van der Waals surface area contributed by atoms with Crippen molar-refractivity contribution in [1.29, 1.82) is 0 Å². The number of benzene rings is 3. The lowest BCUT2D eigenvalue weighted by molar-refractivity contribution is -0.139. The van der Waals surface area contributed by atoms with Gasteiger partial charge in [0, 0.05) is 17.6 Å². The molecule has 8 heteroatoms. The normalized spacial score (nSPS) is 11.1. The predicted molar refractivity (Wildman–Crippen MR) is 116 cm³/mol. The van der Waals surface area contributed by atoms with Crippen LogP contribution in [0.15, 0.2) is 54.6 Å². The molecule has 0 saturated heterocycles. The molecule has 1 amide bonds. The van der Waals surface area contributed by atoms with Crippen molar-refractivity contribution >= 4 is 39.3 Å². The molecule has 0 unspecified atom stereocenters. The van der Waals surface area contributed by atoms with E-state index in [4.69, 9.17) is 15.6 Å². The Bertz CT molecular complexity index is 1390. The van der Waals surface area contributed by atoms with Gasteiger partial charge in [0.05, 0.1) is 16.5 Å². The summed E-state index contributed by atoms with van der Waals surface area (Å²) in [6.07, 6.45) is 0. The molecule has 1 aromatic heterocycles. The van der Waals surface area contributed by atoms with Crippen LogP contribution in [0.5, 0.6) is 5.75 Å². The zero-order valence-electron chi connectivity index (χ0n) is 17.1. The van der Waals surface area contributed by atoms with E-state index >= 15 is 0 Å². The van der Waals surface area contributed by atoms with Crippen molar-refractivity contribution in [3.8, 4) is 5.75 Å². The maximum Gasteiger partial charge on any atom is 0.341 e. The number of carbonyl (C=O) groups excluding carboxylic acids is 2. The van der Waals surface area contributed by atoms with Gasteiger partial charge in [0.1, 0.15) is 11.6 Å². The summed E-state index contributed by atoms with van der Waals surface area (Å²) in [5, 5.41) is 10.8. The number of nitrogens with zero attached hydrogens (tertiary/aromatic N) is 1. The lowest BCUT2D eigenvalue weighted by atomic mass is 10.0. The first-order valence-electron chi connectivity index (χ1n) is 9.75. The number of ether oxygens (including phenoxy) is 1. The largest absolute Gasteiger partial charge is 0.481 e. The monoisotopic (exact) mass is 434 g/mol. The van der Waals surface area contributed by atoms with Crippen LogP contribution in [-0.4, -0.2) is 33.9 Å². The number of rotatable bonds is 7. The van der Waals surface area contributed by atoms with Crippen molar-refractivity contribution in [3.05, 3.63) is 77.2 Å². The molecule has 0 atom stereocenters. The van der Waals surface area contributed by atoms with Crippen LogP contribution in [0.4, 0.5) is 4.39 Å². The van der Waals surface area contributed by atoms with E-state index in [0.717, 1.165) is 10.9 Å². The van der Waals surface area contributed by atoms with Crippen LogP contribution in [0.3, 0.4) is 0 Å². The third kappa shape index (κ3) is 3.66. The van der Waals surface area contributed by atoms with E-state index in [9.17, 15) is 18.8 Å². The van der Waals surface area contributed by atoms with Gasteiger partial charge in [-0.25, -0.2) is 9.18 Å². The zero-order chi connectivity index (χ0) is 23.0. The Labute approximate surface area is 181 Å². The summed E-state index contributed by atoms with van der Waals surface area (Å²) in [4.78, 5) is 35.8. The summed E-state index contributed by atoms with van der Waals surface area (Å²) >= 11 is 0. The van der Waals surface area contributed by atoms with Crippen molar-refractivity contribution in [3.63, 3.8) is 0 Å². The molecule has 3 N–H and O–H groups in total. The van der Waals surface area contributed by atoms with E-state index in [1.807, 2.05) is 18.2 Å². The van der Waals surface area contributed by atoms with Gasteiger partial charge in [0.25, 0.3) is 11.7 Å². The first-order chi connectivity index (χ1) is 15.3. The average molecular weight is 434 g/mol. The van der Waals surface area contributed by atoms with E-state index in [-0.39, 0.29) is 23.7 Å². The number of Topliss-reactive ketones (excluding diaryl/α,β-unsaturated/α-hetero) is 1. The highest BCUT2D eigenvalue weighted by atomic mass is 19.1. The van der Waals surface area contributed by atoms with Gasteiger partial charge in [-0.15, -0.1) is 0 Å². The number of amides is 1. The zero-order valence-corrected chi connectivity index (χ0v) is 17.1. The van der Waals surface area contributed by atoms with Crippen LogP contribution < -0.4 is 10.5 Å². The van der Waals surface area contributed by atoms with Gasteiger partial charge < -0.3 is 20.1 Å². The number of hydrogen-bond acceptors (Lipinski definition) is 4. The number of carbonyl (C=O) groups is 3. The molecule has 0 saturated carbocycles. The third-order valence-electron chi connectivity index (χ3n) is 5.33. The minimum Gasteiger partial charge on any atom is -0.481 e. The second-order valence-corrected chi connectivity index (χ2v) is 7.37. The van der Waals surface area contributed by atoms with Crippen LogP contribution in [0.25, 0.3) is 21.7 Å². The third-order valence-corrected chi connectivity index (χ3v) is 5.33. The highest BCUT2D eigenvalue weighted by Gasteiger charge is 2.27. The molecule has 0 aliphatic carbocycles. The van der Waals surface area contributed by atoms with E-state index in [1.165, 1.54) is 12.1 Å². The van der Waals surface area contributed by atoms with Crippen LogP contribution in [-0.2, 0) is 16.1 Å². The number of aliphatic carboxylic acids is 1. The van der Waals surface area contributed by atoms with Gasteiger partial charge in [-0.05, 0) is 36.1 Å². The molecule has 0 radical (unpaired) electrons. The summed E-state index contributed by atoms with van der Waals surface area (Å²) < 4.78 is 20.8. The molecule has 162 valence electrons.